The molecule has 4 rings (SSSR count). The lowest BCUT2D eigenvalue weighted by atomic mass is 9.86. The number of rotatable bonds is 7. The smallest absolute Gasteiger partial charge is 0.261 e. The summed E-state index contributed by atoms with van der Waals surface area (Å²) in [5.41, 5.74) is 1.67. The Labute approximate surface area is 190 Å². The van der Waals surface area contributed by atoms with Gasteiger partial charge in [-0.05, 0) is 51.1 Å². The minimum atomic E-state index is -2.97. The summed E-state index contributed by atoms with van der Waals surface area (Å²) >= 11 is 0. The molecule has 0 radical (unpaired) electrons. The maximum atomic E-state index is 14.5. The Bertz CT molecular complexity index is 766. The van der Waals surface area contributed by atoms with Crippen molar-refractivity contribution < 1.29 is 18.6 Å². The number of hydrogen-bond donors (Lipinski definition) is 3. The van der Waals surface area contributed by atoms with E-state index in [2.05, 4.69) is 34.7 Å². The lowest BCUT2D eigenvalue weighted by molar-refractivity contribution is -0.0483. The first kappa shape index (κ1) is 23.6. The highest BCUT2D eigenvalue weighted by molar-refractivity contribution is 5.37. The molecule has 6 atom stereocenters. The molecule has 2 heterocycles. The van der Waals surface area contributed by atoms with E-state index in [4.69, 9.17) is 4.74 Å². The van der Waals surface area contributed by atoms with E-state index < -0.39 is 18.2 Å². The molecular formula is C25H37F2N3O2. The van der Waals surface area contributed by atoms with Gasteiger partial charge in [0, 0.05) is 38.0 Å². The van der Waals surface area contributed by atoms with Gasteiger partial charge in [0.1, 0.15) is 6.23 Å². The van der Waals surface area contributed by atoms with Crippen molar-refractivity contribution >= 4 is 0 Å². The minimum absolute atomic E-state index is 0.0441. The van der Waals surface area contributed by atoms with Crippen molar-refractivity contribution in [3.8, 4) is 0 Å². The van der Waals surface area contributed by atoms with Crippen molar-refractivity contribution in [1.82, 2.24) is 15.5 Å². The van der Waals surface area contributed by atoms with Crippen LogP contribution >= 0.6 is 0 Å². The number of alkyl halides is 2. The summed E-state index contributed by atoms with van der Waals surface area (Å²) in [6, 6.07) is -0.756. The fourth-order valence-corrected chi connectivity index (χ4v) is 5.62. The van der Waals surface area contributed by atoms with E-state index in [1.54, 1.807) is 12.2 Å². The molecule has 178 valence electrons. The van der Waals surface area contributed by atoms with Crippen LogP contribution in [0.2, 0.25) is 0 Å². The van der Waals surface area contributed by atoms with Gasteiger partial charge in [-0.15, -0.1) is 0 Å². The largest absolute Gasteiger partial charge is 0.381 e. The van der Waals surface area contributed by atoms with E-state index in [-0.39, 0.29) is 18.0 Å². The van der Waals surface area contributed by atoms with Crippen molar-refractivity contribution in [3.05, 3.63) is 47.7 Å². The summed E-state index contributed by atoms with van der Waals surface area (Å²) in [4.78, 5) is 2.37. The molecule has 6 unspecified atom stereocenters. The van der Waals surface area contributed by atoms with Gasteiger partial charge in [0.2, 0.25) is 0 Å². The first-order valence-corrected chi connectivity index (χ1v) is 12.0. The Morgan fingerprint density at radius 3 is 2.81 bits per heavy atom. The number of allylic oxidation sites excluding steroid dienone is 5. The minimum Gasteiger partial charge on any atom is -0.381 e. The third kappa shape index (κ3) is 5.16. The zero-order valence-corrected chi connectivity index (χ0v) is 19.1. The highest BCUT2D eigenvalue weighted by atomic mass is 19.3. The predicted octanol–water partition coefficient (Wildman–Crippen LogP) is 3.70. The molecule has 0 saturated carbocycles. The van der Waals surface area contributed by atoms with Gasteiger partial charge in [-0.25, -0.2) is 8.78 Å². The third-order valence-corrected chi connectivity index (χ3v) is 7.37. The fourth-order valence-electron chi connectivity index (χ4n) is 5.62. The summed E-state index contributed by atoms with van der Waals surface area (Å²) in [5, 5.41) is 17.5. The summed E-state index contributed by atoms with van der Waals surface area (Å²) in [6.45, 7) is 2.50. The van der Waals surface area contributed by atoms with Gasteiger partial charge >= 0.3 is 0 Å². The molecule has 0 amide bonds. The van der Waals surface area contributed by atoms with E-state index in [0.29, 0.717) is 18.2 Å². The van der Waals surface area contributed by atoms with E-state index >= 15 is 0 Å². The molecule has 2 aliphatic heterocycles. The van der Waals surface area contributed by atoms with Crippen LogP contribution in [0.4, 0.5) is 8.78 Å². The van der Waals surface area contributed by atoms with E-state index in [1.165, 1.54) is 0 Å². The third-order valence-electron chi connectivity index (χ3n) is 7.37. The Morgan fingerprint density at radius 1 is 1.22 bits per heavy atom. The Morgan fingerprint density at radius 2 is 2.06 bits per heavy atom. The van der Waals surface area contributed by atoms with Gasteiger partial charge in [-0.3, -0.25) is 10.2 Å². The molecule has 0 bridgehead atoms. The van der Waals surface area contributed by atoms with Gasteiger partial charge < -0.3 is 15.2 Å². The number of nitrogens with zero attached hydrogens (tertiary/aromatic N) is 1. The molecule has 1 fully saturated rings. The molecule has 5 nitrogen and oxygen atoms in total. The van der Waals surface area contributed by atoms with Crippen LogP contribution in [0.25, 0.3) is 0 Å². The first-order chi connectivity index (χ1) is 15.4. The first-order valence-electron chi connectivity index (χ1n) is 12.0. The Balaban J connectivity index is 1.52. The maximum Gasteiger partial charge on any atom is 0.261 e. The van der Waals surface area contributed by atoms with Crippen LogP contribution in [0, 0.1) is 11.8 Å². The van der Waals surface area contributed by atoms with Gasteiger partial charge in [-0.2, -0.15) is 0 Å². The van der Waals surface area contributed by atoms with Crippen LogP contribution < -0.4 is 10.6 Å². The Hall–Kier alpha value is -1.54. The average molecular weight is 450 g/mol. The topological polar surface area (TPSA) is 56.8 Å². The predicted molar refractivity (Wildman–Crippen MR) is 122 cm³/mol. The lowest BCUT2D eigenvalue weighted by Crippen LogP contribution is -2.55. The second-order valence-corrected chi connectivity index (χ2v) is 9.62. The number of fused-ring (bicyclic) bond motifs is 1. The number of nitrogens with one attached hydrogen (secondary N) is 2. The summed E-state index contributed by atoms with van der Waals surface area (Å²) in [7, 11) is 2.13. The van der Waals surface area contributed by atoms with Crippen LogP contribution in [0.15, 0.2) is 47.7 Å². The molecule has 7 heteroatoms. The summed E-state index contributed by atoms with van der Waals surface area (Å²) in [5.74, 6) is -3.11. The molecule has 32 heavy (non-hydrogen) atoms. The zero-order valence-electron chi connectivity index (χ0n) is 19.1. The molecule has 4 aliphatic rings. The van der Waals surface area contributed by atoms with Crippen molar-refractivity contribution in [2.24, 2.45) is 11.8 Å². The summed E-state index contributed by atoms with van der Waals surface area (Å²) in [6.07, 6.45) is 16.0. The quantitative estimate of drug-likeness (QED) is 0.518. The number of halogens is 2. The van der Waals surface area contributed by atoms with Crippen LogP contribution in [0.3, 0.4) is 0 Å². The van der Waals surface area contributed by atoms with Gasteiger partial charge in [0.15, 0.2) is 0 Å². The lowest BCUT2D eigenvalue weighted by Gasteiger charge is -2.37. The summed E-state index contributed by atoms with van der Waals surface area (Å²) < 4.78 is 34.7. The SMILES string of the molecule is CN(C1CCCOCC1)C1NC(C(O)NC(C2C=CC=CC2)C(C)(F)F)=C2C=CCCC21. The van der Waals surface area contributed by atoms with Crippen LogP contribution in [0.5, 0.6) is 0 Å². The normalized spacial score (nSPS) is 32.6. The van der Waals surface area contributed by atoms with Crippen molar-refractivity contribution in [1.29, 1.82) is 0 Å². The second kappa shape index (κ2) is 10.2. The number of hydrogen-bond acceptors (Lipinski definition) is 5. The molecule has 0 aromatic heterocycles. The zero-order chi connectivity index (χ0) is 22.7. The Kier molecular flexibility index (Phi) is 7.50. The number of ether oxygens (including phenoxy) is 1. The molecule has 0 aromatic carbocycles. The average Bonchev–Trinajstić information content (AvgIpc) is 2.96. The van der Waals surface area contributed by atoms with Crippen LogP contribution in [-0.4, -0.2) is 60.7 Å². The van der Waals surface area contributed by atoms with Crippen molar-refractivity contribution in [3.63, 3.8) is 0 Å². The molecule has 0 spiro atoms. The van der Waals surface area contributed by atoms with Gasteiger partial charge in [0.05, 0.1) is 17.9 Å². The van der Waals surface area contributed by atoms with E-state index in [1.807, 2.05) is 12.2 Å². The van der Waals surface area contributed by atoms with Gasteiger partial charge in [0.25, 0.3) is 5.92 Å². The monoisotopic (exact) mass is 449 g/mol. The highest BCUT2D eigenvalue weighted by Crippen LogP contribution is 2.38. The second-order valence-electron chi connectivity index (χ2n) is 9.62. The molecule has 2 aliphatic carbocycles. The van der Waals surface area contributed by atoms with Crippen molar-refractivity contribution in [2.45, 2.75) is 75.8 Å². The maximum absolute atomic E-state index is 14.5. The number of aliphatic hydroxyl groups excluding tert-OH is 1. The van der Waals surface area contributed by atoms with E-state index in [0.717, 1.165) is 57.8 Å². The van der Waals surface area contributed by atoms with Crippen LogP contribution in [0.1, 0.15) is 45.4 Å². The van der Waals surface area contributed by atoms with Gasteiger partial charge in [-0.1, -0.05) is 36.5 Å². The standard InChI is InChI=1S/C25H37F2N3O2/c1-25(26,27)22(17-9-4-3-5-10-17)29-24(31)21-19-12-6-7-13-20(19)23(28-21)30(2)18-11-8-15-32-16-14-18/h3-6,9,12,17-18,20,22-24,28-29,31H,7-8,10-11,13-16H2,1-2H3. The molecular weight excluding hydrogens is 412 g/mol. The van der Waals surface area contributed by atoms with Crippen molar-refractivity contribution in [2.75, 3.05) is 20.3 Å². The molecule has 0 aromatic rings. The number of aliphatic hydroxyl groups is 1. The molecule has 3 N–H and O–H groups in total. The van der Waals surface area contributed by atoms with E-state index in [9.17, 15) is 13.9 Å². The fraction of sp³-hybridized carbons (Fsp3) is 0.680. The highest BCUT2D eigenvalue weighted by Gasteiger charge is 2.44. The van der Waals surface area contributed by atoms with Crippen LogP contribution in [-0.2, 0) is 4.74 Å². The molecule has 1 saturated heterocycles.